The minimum atomic E-state index is -0.881. The molecule has 0 radical (unpaired) electrons. The number of piperidine rings is 1. The summed E-state index contributed by atoms with van der Waals surface area (Å²) in [6, 6.07) is 5.38. The highest BCUT2D eigenvalue weighted by atomic mass is 16.2. The van der Waals surface area contributed by atoms with Gasteiger partial charge in [0.1, 0.15) is 5.57 Å². The van der Waals surface area contributed by atoms with Crippen molar-refractivity contribution < 1.29 is 28.8 Å². The molecule has 9 heteroatoms. The average Bonchev–Trinajstić information content (AvgIpc) is 2.55. The number of urea groups is 1. The van der Waals surface area contributed by atoms with Gasteiger partial charge in [0.15, 0.2) is 5.78 Å². The Kier molecular flexibility index (Phi) is 4.27. The van der Waals surface area contributed by atoms with Crippen LogP contribution >= 0.6 is 0 Å². The highest BCUT2D eigenvalue weighted by Gasteiger charge is 2.28. The van der Waals surface area contributed by atoms with Crippen molar-refractivity contribution in [3.05, 3.63) is 46.5 Å². The van der Waals surface area contributed by atoms with E-state index in [0.717, 1.165) is 0 Å². The van der Waals surface area contributed by atoms with Crippen LogP contribution in [0.3, 0.4) is 0 Å². The first-order valence-electron chi connectivity index (χ1n) is 7.41. The molecule has 6 amide bonds. The van der Waals surface area contributed by atoms with Crippen LogP contribution in [-0.2, 0) is 24.0 Å². The van der Waals surface area contributed by atoms with Gasteiger partial charge in [-0.1, -0.05) is 24.3 Å². The number of nitrogens with one attached hydrogen (secondary N) is 3. The van der Waals surface area contributed by atoms with Crippen molar-refractivity contribution in [3.63, 3.8) is 0 Å². The molecule has 2 aliphatic heterocycles. The van der Waals surface area contributed by atoms with E-state index in [4.69, 9.17) is 0 Å². The Balaban J connectivity index is 1.83. The molecule has 0 bridgehead atoms. The van der Waals surface area contributed by atoms with E-state index in [-0.39, 0.29) is 17.6 Å². The Hall–Kier alpha value is -3.88. The Labute approximate surface area is 146 Å². The van der Waals surface area contributed by atoms with E-state index in [1.54, 1.807) is 24.3 Å². The Morgan fingerprint density at radius 2 is 1.12 bits per heavy atom. The summed E-state index contributed by atoms with van der Waals surface area (Å²) in [6.07, 6.45) is 2.26. The molecule has 2 fully saturated rings. The predicted octanol–water partition coefficient (Wildman–Crippen LogP) is -0.565. The number of benzene rings is 1. The van der Waals surface area contributed by atoms with Crippen LogP contribution in [0, 0.1) is 0 Å². The Bertz CT molecular complexity index is 819. The molecular formula is C17H11N3O6. The molecule has 2 aliphatic rings. The van der Waals surface area contributed by atoms with E-state index in [2.05, 4.69) is 5.32 Å². The second-order valence-electron chi connectivity index (χ2n) is 5.50. The van der Waals surface area contributed by atoms with Crippen molar-refractivity contribution >= 4 is 47.6 Å². The second-order valence-corrected chi connectivity index (χ2v) is 5.50. The van der Waals surface area contributed by atoms with Crippen molar-refractivity contribution in [2.24, 2.45) is 0 Å². The zero-order valence-corrected chi connectivity index (χ0v) is 13.1. The summed E-state index contributed by atoms with van der Waals surface area (Å²) in [7, 11) is 0. The quantitative estimate of drug-likeness (QED) is 0.282. The summed E-state index contributed by atoms with van der Waals surface area (Å²) in [6.45, 7) is 0. The number of hydrogen-bond acceptors (Lipinski definition) is 6. The zero-order valence-electron chi connectivity index (χ0n) is 13.1. The Morgan fingerprint density at radius 1 is 0.654 bits per heavy atom. The van der Waals surface area contributed by atoms with Gasteiger partial charge in [-0.05, 0) is 23.3 Å². The highest BCUT2D eigenvalue weighted by molar-refractivity contribution is 6.33. The van der Waals surface area contributed by atoms with Crippen LogP contribution in [0.5, 0.6) is 0 Å². The van der Waals surface area contributed by atoms with Crippen LogP contribution < -0.4 is 16.0 Å². The summed E-state index contributed by atoms with van der Waals surface area (Å²) in [5.41, 5.74) is 0.667. The number of imide groups is 3. The summed E-state index contributed by atoms with van der Waals surface area (Å²) in [4.78, 5) is 68.9. The highest BCUT2D eigenvalue weighted by Crippen LogP contribution is 2.16. The third-order valence-corrected chi connectivity index (χ3v) is 3.62. The van der Waals surface area contributed by atoms with Gasteiger partial charge in [0.05, 0.1) is 12.0 Å². The van der Waals surface area contributed by atoms with Crippen LogP contribution in [0.15, 0.2) is 35.4 Å². The van der Waals surface area contributed by atoms with E-state index in [1.807, 2.05) is 10.6 Å². The van der Waals surface area contributed by atoms with E-state index >= 15 is 0 Å². The SMILES string of the molecule is O=C1CC(=O)/C(=C\c2ccc(C=C3C(=O)NC(=O)NC3=O)cc2)C(=O)N1. The number of rotatable bonds is 2. The third-order valence-electron chi connectivity index (χ3n) is 3.62. The summed E-state index contributed by atoms with van der Waals surface area (Å²) in [5, 5.41) is 5.99. The molecular weight excluding hydrogens is 342 g/mol. The molecule has 26 heavy (non-hydrogen) atoms. The van der Waals surface area contributed by atoms with Gasteiger partial charge in [-0.3, -0.25) is 39.9 Å². The molecule has 0 aromatic heterocycles. The van der Waals surface area contributed by atoms with Crippen molar-refractivity contribution in [1.29, 1.82) is 0 Å². The zero-order chi connectivity index (χ0) is 18.8. The van der Waals surface area contributed by atoms with Gasteiger partial charge < -0.3 is 0 Å². The fourth-order valence-corrected chi connectivity index (χ4v) is 2.38. The third kappa shape index (κ3) is 3.46. The molecule has 0 unspecified atom stereocenters. The molecule has 9 nitrogen and oxygen atoms in total. The topological polar surface area (TPSA) is 139 Å². The molecule has 0 spiro atoms. The van der Waals surface area contributed by atoms with E-state index < -0.39 is 35.4 Å². The molecule has 0 atom stereocenters. The lowest BCUT2D eigenvalue weighted by Crippen LogP contribution is -2.51. The van der Waals surface area contributed by atoms with Crippen LogP contribution in [0.2, 0.25) is 0 Å². The lowest BCUT2D eigenvalue weighted by Gasteiger charge is -2.14. The van der Waals surface area contributed by atoms with Crippen molar-refractivity contribution in [1.82, 2.24) is 16.0 Å². The van der Waals surface area contributed by atoms with Gasteiger partial charge in [-0.25, -0.2) is 4.79 Å². The van der Waals surface area contributed by atoms with E-state index in [9.17, 15) is 28.8 Å². The Morgan fingerprint density at radius 3 is 1.62 bits per heavy atom. The molecule has 2 saturated heterocycles. The minimum absolute atomic E-state index is 0.125. The van der Waals surface area contributed by atoms with Gasteiger partial charge in [0, 0.05) is 0 Å². The monoisotopic (exact) mass is 353 g/mol. The molecule has 3 rings (SSSR count). The molecule has 0 aliphatic carbocycles. The van der Waals surface area contributed by atoms with Gasteiger partial charge >= 0.3 is 6.03 Å². The van der Waals surface area contributed by atoms with Crippen molar-refractivity contribution in [3.8, 4) is 0 Å². The van der Waals surface area contributed by atoms with E-state index in [1.165, 1.54) is 12.2 Å². The first-order valence-corrected chi connectivity index (χ1v) is 7.41. The molecule has 130 valence electrons. The predicted molar refractivity (Wildman–Crippen MR) is 86.9 cm³/mol. The maximum atomic E-state index is 11.8. The normalized spacial score (nSPS) is 19.2. The molecule has 0 saturated carbocycles. The molecule has 1 aromatic carbocycles. The molecule has 2 heterocycles. The van der Waals surface area contributed by atoms with Gasteiger partial charge in [0.2, 0.25) is 5.91 Å². The lowest BCUT2D eigenvalue weighted by atomic mass is 9.99. The summed E-state index contributed by atoms with van der Waals surface area (Å²) in [5.74, 6) is -3.57. The number of barbiturate groups is 1. The van der Waals surface area contributed by atoms with Crippen LogP contribution in [0.25, 0.3) is 12.2 Å². The second kappa shape index (κ2) is 6.55. The number of carbonyl (C=O) groups excluding carboxylic acids is 6. The standard InChI is InChI=1S/C17H11N3O6/c21-12-7-13(22)18-14(23)10(12)5-8-1-3-9(4-2-8)6-11-15(24)19-17(26)20-16(11)25/h1-6H,7H2,(H,18,22,23)(H2,19,20,24,25,26)/b10-5+. The maximum Gasteiger partial charge on any atom is 0.328 e. The first kappa shape index (κ1) is 17.0. The number of Topliss-reactive ketones (excluding diaryl/α,β-unsaturated/α-hetero) is 1. The summed E-state index contributed by atoms with van der Waals surface area (Å²) < 4.78 is 0. The smallest absolute Gasteiger partial charge is 0.293 e. The van der Waals surface area contributed by atoms with Gasteiger partial charge in [-0.15, -0.1) is 0 Å². The largest absolute Gasteiger partial charge is 0.328 e. The summed E-state index contributed by atoms with van der Waals surface area (Å²) >= 11 is 0. The fraction of sp³-hybridized carbons (Fsp3) is 0.0588. The van der Waals surface area contributed by atoms with Crippen LogP contribution in [-0.4, -0.2) is 35.4 Å². The van der Waals surface area contributed by atoms with Gasteiger partial charge in [-0.2, -0.15) is 0 Å². The van der Waals surface area contributed by atoms with Gasteiger partial charge in [0.25, 0.3) is 17.7 Å². The fourth-order valence-electron chi connectivity index (χ4n) is 2.38. The number of amides is 6. The minimum Gasteiger partial charge on any atom is -0.293 e. The van der Waals surface area contributed by atoms with E-state index in [0.29, 0.717) is 11.1 Å². The first-order chi connectivity index (χ1) is 12.3. The number of ketones is 1. The molecule has 1 aromatic rings. The average molecular weight is 353 g/mol. The lowest BCUT2D eigenvalue weighted by molar-refractivity contribution is -0.135. The van der Waals surface area contributed by atoms with Crippen LogP contribution in [0.1, 0.15) is 17.5 Å². The van der Waals surface area contributed by atoms with Crippen molar-refractivity contribution in [2.45, 2.75) is 6.42 Å². The molecule has 3 N–H and O–H groups in total. The maximum absolute atomic E-state index is 11.8. The number of hydrogen-bond donors (Lipinski definition) is 3. The van der Waals surface area contributed by atoms with Crippen LogP contribution in [0.4, 0.5) is 4.79 Å². The van der Waals surface area contributed by atoms with Crippen molar-refractivity contribution in [2.75, 3.05) is 0 Å². The number of carbonyl (C=O) groups is 6.